The first-order valence-electron chi connectivity index (χ1n) is 9.16. The molecule has 2 aromatic carbocycles. The van der Waals surface area contributed by atoms with Crippen molar-refractivity contribution < 1.29 is 19.4 Å². The van der Waals surface area contributed by atoms with E-state index in [4.69, 9.17) is 4.74 Å². The van der Waals surface area contributed by atoms with Crippen LogP contribution in [0.2, 0.25) is 0 Å². The Labute approximate surface area is 172 Å². The first-order chi connectivity index (χ1) is 13.5. The van der Waals surface area contributed by atoms with Crippen molar-refractivity contribution >= 4 is 33.4 Å². The second-order valence-electron chi connectivity index (χ2n) is 6.63. The number of Topliss-reactive ketones (excluding diaryl/α,β-unsaturated/α-hetero) is 1. The van der Waals surface area contributed by atoms with E-state index in [1.54, 1.807) is 48.4 Å². The molecule has 28 heavy (non-hydrogen) atoms. The monoisotopic (exact) mass is 443 g/mol. The standard InChI is InChI=1S/C22H22BrNO4/c1-3-4-12-24-19(15-6-5-7-17(13-15)28-2)18(21(26)22(24)27)20(25)14-8-10-16(23)11-9-14/h5-11,13,19,25H,3-4,12H2,1-2H3/b20-18-. The highest BCUT2D eigenvalue weighted by Gasteiger charge is 2.45. The Morgan fingerprint density at radius 1 is 1.18 bits per heavy atom. The van der Waals surface area contributed by atoms with Crippen LogP contribution in [0.15, 0.2) is 58.6 Å². The third-order valence-electron chi connectivity index (χ3n) is 4.82. The molecule has 1 aliphatic heterocycles. The Kier molecular flexibility index (Phi) is 6.19. The number of halogens is 1. The molecule has 0 aliphatic carbocycles. The predicted molar refractivity (Wildman–Crippen MR) is 111 cm³/mol. The molecule has 1 saturated heterocycles. The normalized spacial score (nSPS) is 18.5. The van der Waals surface area contributed by atoms with Crippen molar-refractivity contribution in [2.45, 2.75) is 25.8 Å². The number of benzene rings is 2. The molecule has 1 aliphatic rings. The maximum Gasteiger partial charge on any atom is 0.295 e. The van der Waals surface area contributed by atoms with Crippen LogP contribution >= 0.6 is 15.9 Å². The number of methoxy groups -OCH3 is 1. The van der Waals surface area contributed by atoms with Crippen LogP contribution in [0.1, 0.15) is 36.9 Å². The summed E-state index contributed by atoms with van der Waals surface area (Å²) in [6.45, 7) is 2.47. The largest absolute Gasteiger partial charge is 0.507 e. The van der Waals surface area contributed by atoms with Gasteiger partial charge in [0.25, 0.3) is 11.7 Å². The molecule has 1 fully saturated rings. The highest BCUT2D eigenvalue weighted by atomic mass is 79.9. The molecule has 6 heteroatoms. The molecular weight excluding hydrogens is 422 g/mol. The SMILES string of the molecule is CCCCN1C(=O)C(=O)/C(=C(\O)c2ccc(Br)cc2)C1c1cccc(OC)c1. The molecule has 0 spiro atoms. The molecular formula is C22H22BrNO4. The van der Waals surface area contributed by atoms with E-state index in [0.717, 1.165) is 22.9 Å². The second-order valence-corrected chi connectivity index (χ2v) is 7.55. The zero-order valence-corrected chi connectivity index (χ0v) is 17.4. The lowest BCUT2D eigenvalue weighted by Gasteiger charge is -2.25. The van der Waals surface area contributed by atoms with E-state index in [2.05, 4.69) is 15.9 Å². The van der Waals surface area contributed by atoms with Crippen LogP contribution in [-0.2, 0) is 9.59 Å². The van der Waals surface area contributed by atoms with E-state index >= 15 is 0 Å². The number of aliphatic hydroxyl groups excluding tert-OH is 1. The van der Waals surface area contributed by atoms with Crippen molar-refractivity contribution in [1.29, 1.82) is 0 Å². The smallest absolute Gasteiger partial charge is 0.295 e. The van der Waals surface area contributed by atoms with Gasteiger partial charge in [-0.1, -0.05) is 53.5 Å². The summed E-state index contributed by atoms with van der Waals surface area (Å²) in [6.07, 6.45) is 1.66. The first-order valence-corrected chi connectivity index (χ1v) is 9.95. The van der Waals surface area contributed by atoms with Crippen molar-refractivity contribution in [1.82, 2.24) is 4.90 Å². The molecule has 1 N–H and O–H groups in total. The molecule has 1 heterocycles. The minimum Gasteiger partial charge on any atom is -0.507 e. The molecule has 1 amide bonds. The number of amides is 1. The number of ether oxygens (including phenoxy) is 1. The van der Waals surface area contributed by atoms with Gasteiger partial charge in [-0.15, -0.1) is 0 Å². The van der Waals surface area contributed by atoms with Crippen molar-refractivity contribution in [3.05, 3.63) is 69.7 Å². The molecule has 2 aromatic rings. The summed E-state index contributed by atoms with van der Waals surface area (Å²) in [5.41, 5.74) is 1.33. The van der Waals surface area contributed by atoms with Crippen LogP contribution < -0.4 is 4.74 Å². The fourth-order valence-electron chi connectivity index (χ4n) is 3.36. The Morgan fingerprint density at radius 2 is 1.89 bits per heavy atom. The Bertz CT molecular complexity index is 920. The van der Waals surface area contributed by atoms with E-state index in [0.29, 0.717) is 17.9 Å². The van der Waals surface area contributed by atoms with Crippen molar-refractivity contribution in [2.24, 2.45) is 0 Å². The number of carbonyl (C=O) groups is 2. The Hall–Kier alpha value is -2.60. The number of rotatable bonds is 6. The molecule has 5 nitrogen and oxygen atoms in total. The summed E-state index contributed by atoms with van der Waals surface area (Å²) >= 11 is 3.36. The predicted octanol–water partition coefficient (Wildman–Crippen LogP) is 4.68. The summed E-state index contributed by atoms with van der Waals surface area (Å²) in [4.78, 5) is 27.1. The van der Waals surface area contributed by atoms with Gasteiger partial charge in [-0.05, 0) is 36.2 Å². The lowest BCUT2D eigenvalue weighted by Crippen LogP contribution is -2.30. The van der Waals surface area contributed by atoms with Gasteiger partial charge in [0.2, 0.25) is 0 Å². The van der Waals surface area contributed by atoms with Gasteiger partial charge in [-0.3, -0.25) is 9.59 Å². The lowest BCUT2D eigenvalue weighted by molar-refractivity contribution is -0.139. The third-order valence-corrected chi connectivity index (χ3v) is 5.35. The summed E-state index contributed by atoms with van der Waals surface area (Å²) in [5.74, 6) is -0.788. The zero-order chi connectivity index (χ0) is 20.3. The molecule has 1 atom stereocenters. The average Bonchev–Trinajstić information content (AvgIpc) is 2.97. The fourth-order valence-corrected chi connectivity index (χ4v) is 3.62. The highest BCUT2D eigenvalue weighted by molar-refractivity contribution is 9.10. The molecule has 1 unspecified atom stereocenters. The van der Waals surface area contributed by atoms with Gasteiger partial charge in [-0.2, -0.15) is 0 Å². The van der Waals surface area contributed by atoms with Gasteiger partial charge >= 0.3 is 0 Å². The van der Waals surface area contributed by atoms with E-state index < -0.39 is 17.7 Å². The molecule has 0 aromatic heterocycles. The van der Waals surface area contributed by atoms with E-state index in [1.165, 1.54) is 0 Å². The van der Waals surface area contributed by atoms with E-state index in [9.17, 15) is 14.7 Å². The van der Waals surface area contributed by atoms with Gasteiger partial charge in [-0.25, -0.2) is 0 Å². The molecule has 0 saturated carbocycles. The molecule has 0 radical (unpaired) electrons. The van der Waals surface area contributed by atoms with Gasteiger partial charge in [0.15, 0.2) is 0 Å². The highest BCUT2D eigenvalue weighted by Crippen LogP contribution is 2.40. The van der Waals surface area contributed by atoms with Crippen molar-refractivity contribution in [3.63, 3.8) is 0 Å². The van der Waals surface area contributed by atoms with Gasteiger partial charge in [0.05, 0.1) is 18.7 Å². The topological polar surface area (TPSA) is 66.8 Å². The van der Waals surface area contributed by atoms with E-state index in [-0.39, 0.29) is 11.3 Å². The minimum atomic E-state index is -0.663. The quantitative estimate of drug-likeness (QED) is 0.399. The number of carbonyl (C=O) groups excluding carboxylic acids is 2. The summed E-state index contributed by atoms with van der Waals surface area (Å²) in [6, 6.07) is 13.6. The van der Waals surface area contributed by atoms with Gasteiger partial charge in [0, 0.05) is 16.6 Å². The summed E-state index contributed by atoms with van der Waals surface area (Å²) in [7, 11) is 1.56. The van der Waals surface area contributed by atoms with Crippen LogP contribution in [0, 0.1) is 0 Å². The zero-order valence-electron chi connectivity index (χ0n) is 15.8. The van der Waals surface area contributed by atoms with Gasteiger partial charge in [0.1, 0.15) is 11.5 Å². The van der Waals surface area contributed by atoms with Crippen LogP contribution in [0.4, 0.5) is 0 Å². The van der Waals surface area contributed by atoms with Crippen molar-refractivity contribution in [2.75, 3.05) is 13.7 Å². The summed E-state index contributed by atoms with van der Waals surface area (Å²) in [5, 5.41) is 10.9. The number of aliphatic hydroxyl groups is 1. The second kappa shape index (κ2) is 8.61. The summed E-state index contributed by atoms with van der Waals surface area (Å²) < 4.78 is 6.16. The van der Waals surface area contributed by atoms with Crippen LogP contribution in [-0.4, -0.2) is 35.4 Å². The van der Waals surface area contributed by atoms with Crippen LogP contribution in [0.3, 0.4) is 0 Å². The molecule has 3 rings (SSSR count). The number of likely N-dealkylation sites (tertiary alicyclic amines) is 1. The maximum atomic E-state index is 12.8. The average molecular weight is 444 g/mol. The third kappa shape index (κ3) is 3.83. The van der Waals surface area contributed by atoms with Gasteiger partial charge < -0.3 is 14.7 Å². The van der Waals surface area contributed by atoms with Crippen LogP contribution in [0.5, 0.6) is 5.75 Å². The van der Waals surface area contributed by atoms with Crippen LogP contribution in [0.25, 0.3) is 5.76 Å². The first kappa shape index (κ1) is 20.1. The molecule has 146 valence electrons. The molecule has 0 bridgehead atoms. The number of hydrogen-bond donors (Lipinski definition) is 1. The number of nitrogens with zero attached hydrogens (tertiary/aromatic N) is 1. The Morgan fingerprint density at radius 3 is 2.54 bits per heavy atom. The minimum absolute atomic E-state index is 0.108. The van der Waals surface area contributed by atoms with E-state index in [1.807, 2.05) is 19.1 Å². The number of hydrogen-bond acceptors (Lipinski definition) is 4. The number of ketones is 1. The lowest BCUT2D eigenvalue weighted by atomic mass is 9.95. The van der Waals surface area contributed by atoms with Crippen molar-refractivity contribution in [3.8, 4) is 5.75 Å². The Balaban J connectivity index is 2.16. The number of unbranched alkanes of at least 4 members (excludes halogenated alkanes) is 1. The fraction of sp³-hybridized carbons (Fsp3) is 0.273. The maximum absolute atomic E-state index is 12.8.